The van der Waals surface area contributed by atoms with Crippen LogP contribution in [0, 0.1) is 20.8 Å². The Balaban J connectivity index is 1.94. The molecule has 1 aromatic rings. The number of rotatable bonds is 6. The number of nitrogens with one attached hydrogen (secondary N) is 2. The first-order chi connectivity index (χ1) is 10.8. The number of hydrogen-bond acceptors (Lipinski definition) is 4. The summed E-state index contributed by atoms with van der Waals surface area (Å²) in [6, 6.07) is 3.64. The van der Waals surface area contributed by atoms with Gasteiger partial charge in [0, 0.05) is 13.2 Å². The van der Waals surface area contributed by atoms with E-state index in [9.17, 15) is 13.2 Å². The van der Waals surface area contributed by atoms with Crippen LogP contribution in [-0.4, -0.2) is 40.1 Å². The summed E-state index contributed by atoms with van der Waals surface area (Å²) >= 11 is 0. The highest BCUT2D eigenvalue weighted by atomic mass is 32.2. The molecule has 23 heavy (non-hydrogen) atoms. The van der Waals surface area contributed by atoms with Crippen LogP contribution in [0.15, 0.2) is 17.0 Å². The van der Waals surface area contributed by atoms with Crippen LogP contribution in [0.1, 0.15) is 29.5 Å². The molecule has 0 unspecified atom stereocenters. The Morgan fingerprint density at radius 2 is 1.91 bits per heavy atom. The van der Waals surface area contributed by atoms with Crippen LogP contribution in [0.4, 0.5) is 0 Å². The highest BCUT2D eigenvalue weighted by molar-refractivity contribution is 7.89. The van der Waals surface area contributed by atoms with Gasteiger partial charge in [-0.05, 0) is 44.7 Å². The molecule has 0 aromatic heterocycles. The van der Waals surface area contributed by atoms with Gasteiger partial charge >= 0.3 is 0 Å². The molecule has 1 aliphatic heterocycles. The molecule has 0 radical (unpaired) electrons. The molecule has 1 aliphatic rings. The minimum Gasteiger partial charge on any atom is -0.376 e. The number of carbonyl (C=O) groups excluding carboxylic acids is 1. The lowest BCUT2D eigenvalue weighted by atomic mass is 10.1. The van der Waals surface area contributed by atoms with Gasteiger partial charge in [0.15, 0.2) is 0 Å². The van der Waals surface area contributed by atoms with Crippen LogP contribution in [0.5, 0.6) is 0 Å². The highest BCUT2D eigenvalue weighted by Gasteiger charge is 2.21. The third-order valence-corrected chi connectivity index (χ3v) is 5.55. The van der Waals surface area contributed by atoms with Crippen molar-refractivity contribution in [3.05, 3.63) is 28.8 Å². The maximum Gasteiger partial charge on any atom is 0.241 e. The molecule has 0 spiro atoms. The summed E-state index contributed by atoms with van der Waals surface area (Å²) in [5.41, 5.74) is 2.36. The number of sulfonamides is 1. The van der Waals surface area contributed by atoms with E-state index in [0.29, 0.717) is 17.7 Å². The monoisotopic (exact) mass is 340 g/mol. The number of aryl methyl sites for hydroxylation is 3. The topological polar surface area (TPSA) is 84.5 Å². The quantitative estimate of drug-likeness (QED) is 0.814. The Morgan fingerprint density at radius 3 is 2.48 bits per heavy atom. The zero-order chi connectivity index (χ0) is 17.0. The molecule has 0 saturated carbocycles. The van der Waals surface area contributed by atoms with E-state index in [2.05, 4.69) is 10.0 Å². The summed E-state index contributed by atoms with van der Waals surface area (Å²) in [5.74, 6) is -0.355. The minimum atomic E-state index is -3.71. The van der Waals surface area contributed by atoms with E-state index in [4.69, 9.17) is 4.74 Å². The van der Waals surface area contributed by atoms with Crippen molar-refractivity contribution < 1.29 is 17.9 Å². The fraction of sp³-hybridized carbons (Fsp3) is 0.562. The lowest BCUT2D eigenvalue weighted by Gasteiger charge is -2.14. The third-order valence-electron chi connectivity index (χ3n) is 3.85. The number of benzene rings is 1. The summed E-state index contributed by atoms with van der Waals surface area (Å²) in [4.78, 5) is 12.1. The second-order valence-corrected chi connectivity index (χ2v) is 7.70. The van der Waals surface area contributed by atoms with Gasteiger partial charge in [-0.1, -0.05) is 17.7 Å². The van der Waals surface area contributed by atoms with Crippen molar-refractivity contribution in [3.8, 4) is 0 Å². The molecule has 2 rings (SSSR count). The number of hydrogen-bond donors (Lipinski definition) is 2. The minimum absolute atomic E-state index is 0.0390. The smallest absolute Gasteiger partial charge is 0.241 e. The van der Waals surface area contributed by atoms with Crippen LogP contribution in [0.25, 0.3) is 0 Å². The first-order valence-electron chi connectivity index (χ1n) is 7.75. The summed E-state index contributed by atoms with van der Waals surface area (Å²) in [6.45, 7) is 6.30. The van der Waals surface area contributed by atoms with Gasteiger partial charge in [0.25, 0.3) is 0 Å². The standard InChI is InChI=1S/C16H24N2O4S/c1-11-7-12(2)16(13(3)8-11)23(20,21)18-10-15(19)17-9-14-5-4-6-22-14/h7-8,14,18H,4-6,9-10H2,1-3H3,(H,17,19)/t14-/m0/s1. The lowest BCUT2D eigenvalue weighted by molar-refractivity contribution is -0.120. The van der Waals surface area contributed by atoms with Crippen molar-refractivity contribution in [1.29, 1.82) is 0 Å². The molecule has 1 heterocycles. The van der Waals surface area contributed by atoms with Gasteiger partial charge < -0.3 is 10.1 Å². The zero-order valence-corrected chi connectivity index (χ0v) is 14.6. The molecule has 6 nitrogen and oxygen atoms in total. The molecular weight excluding hydrogens is 316 g/mol. The van der Waals surface area contributed by atoms with E-state index < -0.39 is 10.0 Å². The summed E-state index contributed by atoms with van der Waals surface area (Å²) in [7, 11) is -3.71. The summed E-state index contributed by atoms with van der Waals surface area (Å²) in [5, 5.41) is 2.70. The molecular formula is C16H24N2O4S. The van der Waals surface area contributed by atoms with Gasteiger partial charge in [-0.3, -0.25) is 4.79 Å². The molecule has 7 heteroatoms. The number of carbonyl (C=O) groups is 1. The van der Waals surface area contributed by atoms with Crippen LogP contribution >= 0.6 is 0 Å². The van der Waals surface area contributed by atoms with E-state index in [1.54, 1.807) is 13.8 Å². The average molecular weight is 340 g/mol. The number of amides is 1. The van der Waals surface area contributed by atoms with E-state index in [1.807, 2.05) is 19.1 Å². The Bertz CT molecular complexity index is 656. The predicted octanol–water partition coefficient (Wildman–Crippen LogP) is 1.19. The second-order valence-electron chi connectivity index (χ2n) is 5.99. The molecule has 0 bridgehead atoms. The van der Waals surface area contributed by atoms with Crippen molar-refractivity contribution in [2.75, 3.05) is 19.7 Å². The largest absolute Gasteiger partial charge is 0.376 e. The van der Waals surface area contributed by atoms with Gasteiger partial charge in [-0.15, -0.1) is 0 Å². The van der Waals surface area contributed by atoms with Crippen molar-refractivity contribution in [1.82, 2.24) is 10.0 Å². The molecule has 1 fully saturated rings. The molecule has 1 saturated heterocycles. The van der Waals surface area contributed by atoms with Gasteiger partial charge in [-0.25, -0.2) is 13.1 Å². The van der Waals surface area contributed by atoms with Crippen LogP contribution in [0.2, 0.25) is 0 Å². The maximum absolute atomic E-state index is 12.4. The van der Waals surface area contributed by atoms with Crippen molar-refractivity contribution in [2.45, 2.75) is 44.6 Å². The predicted molar refractivity (Wildman–Crippen MR) is 87.8 cm³/mol. The van der Waals surface area contributed by atoms with Gasteiger partial charge in [0.1, 0.15) is 0 Å². The first-order valence-corrected chi connectivity index (χ1v) is 9.24. The molecule has 1 atom stereocenters. The zero-order valence-electron chi connectivity index (χ0n) is 13.8. The summed E-state index contributed by atoms with van der Waals surface area (Å²) < 4.78 is 32.6. The fourth-order valence-electron chi connectivity index (χ4n) is 2.92. The average Bonchev–Trinajstić information content (AvgIpc) is 2.94. The molecule has 2 N–H and O–H groups in total. The lowest BCUT2D eigenvalue weighted by Crippen LogP contribution is -2.40. The highest BCUT2D eigenvalue weighted by Crippen LogP contribution is 2.21. The SMILES string of the molecule is Cc1cc(C)c(S(=O)(=O)NCC(=O)NC[C@@H]2CCCO2)c(C)c1. The van der Waals surface area contributed by atoms with Crippen molar-refractivity contribution >= 4 is 15.9 Å². The Kier molecular flexibility index (Phi) is 5.78. The normalized spacial score (nSPS) is 18.1. The van der Waals surface area contributed by atoms with Crippen LogP contribution < -0.4 is 10.0 Å². The van der Waals surface area contributed by atoms with Gasteiger partial charge in [-0.2, -0.15) is 0 Å². The molecule has 128 valence electrons. The van der Waals surface area contributed by atoms with E-state index in [0.717, 1.165) is 25.0 Å². The van der Waals surface area contributed by atoms with Crippen LogP contribution in [0.3, 0.4) is 0 Å². The Labute approximate surface area is 137 Å². The number of ether oxygens (including phenoxy) is 1. The van der Waals surface area contributed by atoms with E-state index in [1.165, 1.54) is 0 Å². The summed E-state index contributed by atoms with van der Waals surface area (Å²) in [6.07, 6.45) is 1.96. The van der Waals surface area contributed by atoms with E-state index in [-0.39, 0.29) is 23.5 Å². The molecule has 1 amide bonds. The fourth-order valence-corrected chi connectivity index (χ4v) is 4.35. The maximum atomic E-state index is 12.4. The van der Waals surface area contributed by atoms with Gasteiger partial charge in [0.05, 0.1) is 17.5 Å². The molecule has 0 aliphatic carbocycles. The van der Waals surface area contributed by atoms with Crippen molar-refractivity contribution in [3.63, 3.8) is 0 Å². The van der Waals surface area contributed by atoms with Crippen molar-refractivity contribution in [2.24, 2.45) is 0 Å². The Hall–Kier alpha value is -1.44. The second kappa shape index (κ2) is 7.42. The Morgan fingerprint density at radius 1 is 1.26 bits per heavy atom. The first kappa shape index (κ1) is 17.9. The van der Waals surface area contributed by atoms with Gasteiger partial charge in [0.2, 0.25) is 15.9 Å². The molecule has 1 aromatic carbocycles. The van der Waals surface area contributed by atoms with E-state index >= 15 is 0 Å². The third kappa shape index (κ3) is 4.76. The van der Waals surface area contributed by atoms with Crippen LogP contribution in [-0.2, 0) is 19.6 Å².